The molecule has 2 aromatic carbocycles. The van der Waals surface area contributed by atoms with Crippen LogP contribution in [-0.4, -0.2) is 26.3 Å². The highest BCUT2D eigenvalue weighted by molar-refractivity contribution is 7.99. The van der Waals surface area contributed by atoms with E-state index in [9.17, 15) is 9.18 Å². The molecule has 0 saturated carbocycles. The van der Waals surface area contributed by atoms with Crippen LogP contribution in [0.5, 0.6) is 0 Å². The van der Waals surface area contributed by atoms with E-state index in [1.807, 2.05) is 38.1 Å². The Labute approximate surface area is 184 Å². The van der Waals surface area contributed by atoms with E-state index in [1.165, 1.54) is 29.5 Å². The van der Waals surface area contributed by atoms with Crippen LogP contribution < -0.4 is 0 Å². The van der Waals surface area contributed by atoms with Crippen molar-refractivity contribution >= 4 is 17.5 Å². The Morgan fingerprint density at radius 3 is 2.55 bits per heavy atom. The van der Waals surface area contributed by atoms with Gasteiger partial charge in [0.15, 0.2) is 5.78 Å². The van der Waals surface area contributed by atoms with E-state index in [4.69, 9.17) is 4.42 Å². The number of aryl methyl sites for hydroxylation is 2. The number of halogens is 1. The first-order valence-electron chi connectivity index (χ1n) is 9.97. The fourth-order valence-corrected chi connectivity index (χ4v) is 4.14. The summed E-state index contributed by atoms with van der Waals surface area (Å²) in [5, 5.41) is 8.28. The summed E-state index contributed by atoms with van der Waals surface area (Å²) in [4.78, 5) is 12.8. The van der Waals surface area contributed by atoms with Crippen LogP contribution in [0.2, 0.25) is 0 Å². The Kier molecular flexibility index (Phi) is 6.32. The Balaban J connectivity index is 1.39. The second-order valence-corrected chi connectivity index (χ2v) is 8.19. The maximum Gasteiger partial charge on any atom is 0.277 e. The molecule has 0 amide bonds. The zero-order valence-corrected chi connectivity index (χ0v) is 18.2. The Hall–Kier alpha value is -3.19. The molecule has 4 aromatic rings. The van der Waals surface area contributed by atoms with E-state index in [-0.39, 0.29) is 17.4 Å². The summed E-state index contributed by atoms with van der Waals surface area (Å²) in [6.45, 7) is 4.83. The van der Waals surface area contributed by atoms with Gasteiger partial charge in [-0.25, -0.2) is 4.39 Å². The summed E-state index contributed by atoms with van der Waals surface area (Å²) in [6, 6.07) is 18.1. The molecule has 4 rings (SSSR count). The molecule has 2 aromatic heterocycles. The maximum absolute atomic E-state index is 13.1. The van der Waals surface area contributed by atoms with Crippen LogP contribution >= 0.6 is 11.8 Å². The number of aromatic nitrogens is 3. The summed E-state index contributed by atoms with van der Waals surface area (Å²) < 4.78 is 20.9. The van der Waals surface area contributed by atoms with Gasteiger partial charge in [0.25, 0.3) is 5.22 Å². The van der Waals surface area contributed by atoms with Gasteiger partial charge in [-0.15, -0.1) is 10.2 Å². The second kappa shape index (κ2) is 9.31. The van der Waals surface area contributed by atoms with Gasteiger partial charge in [0.05, 0.1) is 5.75 Å². The zero-order valence-electron chi connectivity index (χ0n) is 17.3. The van der Waals surface area contributed by atoms with E-state index < -0.39 is 0 Å². The van der Waals surface area contributed by atoms with Gasteiger partial charge < -0.3 is 8.98 Å². The van der Waals surface area contributed by atoms with Crippen molar-refractivity contribution in [2.45, 2.75) is 32.0 Å². The molecule has 0 spiro atoms. The highest BCUT2D eigenvalue weighted by Crippen LogP contribution is 2.25. The lowest BCUT2D eigenvalue weighted by Gasteiger charge is -2.10. The normalized spacial score (nSPS) is 11.1. The van der Waals surface area contributed by atoms with Crippen LogP contribution in [0.15, 0.2) is 70.3 Å². The van der Waals surface area contributed by atoms with Gasteiger partial charge in [0, 0.05) is 29.1 Å². The lowest BCUT2D eigenvalue weighted by atomic mass is 10.1. The van der Waals surface area contributed by atoms with E-state index in [1.54, 1.807) is 12.1 Å². The number of hydrogen-bond acceptors (Lipinski definition) is 5. The minimum atomic E-state index is -0.329. The summed E-state index contributed by atoms with van der Waals surface area (Å²) in [5.41, 5.74) is 4.66. The average molecular weight is 436 g/mol. The topological polar surface area (TPSA) is 60.9 Å². The number of rotatable bonds is 8. The van der Waals surface area contributed by atoms with Gasteiger partial charge in [-0.3, -0.25) is 4.79 Å². The molecule has 0 unspecified atom stereocenters. The molecule has 31 heavy (non-hydrogen) atoms. The molecule has 0 bridgehead atoms. The van der Waals surface area contributed by atoms with Gasteiger partial charge in [0.1, 0.15) is 5.82 Å². The minimum Gasteiger partial charge on any atom is -0.411 e. The van der Waals surface area contributed by atoms with Crippen molar-refractivity contribution < 1.29 is 13.6 Å². The summed E-state index contributed by atoms with van der Waals surface area (Å²) in [5.74, 6) is 0.193. The molecule has 0 aliphatic carbocycles. The van der Waals surface area contributed by atoms with E-state index in [2.05, 4.69) is 26.9 Å². The number of nitrogens with zero attached hydrogens (tertiary/aromatic N) is 3. The van der Waals surface area contributed by atoms with Gasteiger partial charge in [-0.05, 0) is 56.2 Å². The van der Waals surface area contributed by atoms with E-state index in [0.717, 1.165) is 29.9 Å². The van der Waals surface area contributed by atoms with E-state index >= 15 is 0 Å². The van der Waals surface area contributed by atoms with Crippen molar-refractivity contribution in [3.8, 4) is 11.5 Å². The number of thioether (sulfide) groups is 1. The molecule has 0 radical (unpaired) electrons. The second-order valence-electron chi connectivity index (χ2n) is 7.26. The van der Waals surface area contributed by atoms with Gasteiger partial charge in [-0.1, -0.05) is 42.1 Å². The van der Waals surface area contributed by atoms with Crippen LogP contribution in [0.4, 0.5) is 4.39 Å². The highest BCUT2D eigenvalue weighted by Gasteiger charge is 2.18. The molecular weight excluding hydrogens is 413 g/mol. The van der Waals surface area contributed by atoms with Gasteiger partial charge in [0.2, 0.25) is 5.89 Å². The molecule has 2 heterocycles. The number of benzene rings is 2. The lowest BCUT2D eigenvalue weighted by molar-refractivity contribution is 0.102. The Morgan fingerprint density at radius 2 is 1.81 bits per heavy atom. The molecule has 158 valence electrons. The third-order valence-corrected chi connectivity index (χ3v) is 5.98. The van der Waals surface area contributed by atoms with Crippen LogP contribution in [-0.2, 0) is 13.0 Å². The fourth-order valence-electron chi connectivity index (χ4n) is 3.50. The Bertz CT molecular complexity index is 1180. The van der Waals surface area contributed by atoms with Crippen LogP contribution in [0.25, 0.3) is 11.5 Å². The molecule has 0 N–H and O–H groups in total. The molecule has 0 atom stereocenters. The average Bonchev–Trinajstić information content (AvgIpc) is 3.36. The van der Waals surface area contributed by atoms with Crippen molar-refractivity contribution in [3.05, 3.63) is 89.0 Å². The monoisotopic (exact) mass is 435 g/mol. The first kappa shape index (κ1) is 21.1. The van der Waals surface area contributed by atoms with Gasteiger partial charge >= 0.3 is 0 Å². The first-order valence-corrected chi connectivity index (χ1v) is 11.0. The summed E-state index contributed by atoms with van der Waals surface area (Å²) >= 11 is 1.20. The molecule has 5 nitrogen and oxygen atoms in total. The van der Waals surface area contributed by atoms with Crippen LogP contribution in [0.1, 0.15) is 27.3 Å². The first-order chi connectivity index (χ1) is 15.0. The molecule has 0 aliphatic heterocycles. The van der Waals surface area contributed by atoms with Crippen molar-refractivity contribution in [1.82, 2.24) is 14.8 Å². The SMILES string of the molecule is Cc1cc(C(=O)CSc2nnc(-c3ccc(F)cc3)o2)c(C)n1CCc1ccccc1. The van der Waals surface area contributed by atoms with Crippen molar-refractivity contribution in [1.29, 1.82) is 0 Å². The predicted octanol–water partition coefficient (Wildman–Crippen LogP) is 5.51. The summed E-state index contributed by atoms with van der Waals surface area (Å²) in [7, 11) is 0. The fraction of sp³-hybridized carbons (Fsp3) is 0.208. The van der Waals surface area contributed by atoms with Crippen molar-refractivity contribution in [3.63, 3.8) is 0 Å². The van der Waals surface area contributed by atoms with Crippen molar-refractivity contribution in [2.75, 3.05) is 5.75 Å². The minimum absolute atomic E-state index is 0.0191. The standard InChI is InChI=1S/C24H22FN3O2S/c1-16-14-21(17(2)28(16)13-12-18-6-4-3-5-7-18)22(29)15-31-24-27-26-23(30-24)19-8-10-20(25)11-9-19/h3-11,14H,12-13,15H2,1-2H3. The summed E-state index contributed by atoms with van der Waals surface area (Å²) in [6.07, 6.45) is 0.910. The zero-order chi connectivity index (χ0) is 21.8. The largest absolute Gasteiger partial charge is 0.411 e. The smallest absolute Gasteiger partial charge is 0.277 e. The predicted molar refractivity (Wildman–Crippen MR) is 119 cm³/mol. The Morgan fingerprint density at radius 1 is 1.06 bits per heavy atom. The molecule has 0 fully saturated rings. The van der Waals surface area contributed by atoms with Crippen LogP contribution in [0, 0.1) is 19.7 Å². The molecule has 0 aliphatic rings. The number of carbonyl (C=O) groups is 1. The molecular formula is C24H22FN3O2S. The highest BCUT2D eigenvalue weighted by atomic mass is 32.2. The number of ketones is 1. The quantitative estimate of drug-likeness (QED) is 0.270. The van der Waals surface area contributed by atoms with Crippen molar-refractivity contribution in [2.24, 2.45) is 0 Å². The van der Waals surface area contributed by atoms with E-state index in [0.29, 0.717) is 16.7 Å². The van der Waals surface area contributed by atoms with Crippen LogP contribution in [0.3, 0.4) is 0 Å². The third-order valence-electron chi connectivity index (χ3n) is 5.17. The number of hydrogen-bond donors (Lipinski definition) is 0. The molecule has 0 saturated heterocycles. The maximum atomic E-state index is 13.1. The molecule has 7 heteroatoms. The van der Waals surface area contributed by atoms with Gasteiger partial charge in [-0.2, -0.15) is 0 Å². The third kappa shape index (κ3) is 4.94. The number of carbonyl (C=O) groups excluding carboxylic acids is 1. The lowest BCUT2D eigenvalue weighted by Crippen LogP contribution is -2.08. The number of Topliss-reactive ketones (excluding diaryl/α,β-unsaturated/α-hetero) is 1.